The first-order valence-corrected chi connectivity index (χ1v) is 5.69. The standard InChI is InChI=1S/C13H19N/c14-10-2-1-3-11-4-6-12(7-5-11)13-8-9-13/h4-7,13H,1-3,8-10,14H2. The molecule has 0 aromatic heterocycles. The van der Waals surface area contributed by atoms with Crippen molar-refractivity contribution in [2.45, 2.75) is 38.0 Å². The Hall–Kier alpha value is -0.820. The number of benzene rings is 1. The van der Waals surface area contributed by atoms with Crippen molar-refractivity contribution in [3.05, 3.63) is 35.4 Å². The summed E-state index contributed by atoms with van der Waals surface area (Å²) < 4.78 is 0. The molecule has 0 unspecified atom stereocenters. The fourth-order valence-electron chi connectivity index (χ4n) is 1.85. The van der Waals surface area contributed by atoms with Crippen molar-refractivity contribution in [2.24, 2.45) is 5.73 Å². The van der Waals surface area contributed by atoms with Crippen molar-refractivity contribution in [1.29, 1.82) is 0 Å². The summed E-state index contributed by atoms with van der Waals surface area (Å²) in [4.78, 5) is 0. The van der Waals surface area contributed by atoms with Gasteiger partial charge in [-0.15, -0.1) is 0 Å². The molecule has 1 aromatic carbocycles. The van der Waals surface area contributed by atoms with E-state index in [0.717, 1.165) is 18.9 Å². The summed E-state index contributed by atoms with van der Waals surface area (Å²) in [6.45, 7) is 0.820. The topological polar surface area (TPSA) is 26.0 Å². The molecule has 1 aromatic rings. The lowest BCUT2D eigenvalue weighted by Gasteiger charge is -2.02. The molecular weight excluding hydrogens is 170 g/mol. The van der Waals surface area contributed by atoms with Gasteiger partial charge in [0.25, 0.3) is 0 Å². The van der Waals surface area contributed by atoms with E-state index in [0.29, 0.717) is 0 Å². The van der Waals surface area contributed by atoms with Gasteiger partial charge in [0, 0.05) is 0 Å². The lowest BCUT2D eigenvalue weighted by Crippen LogP contribution is -1.98. The fourth-order valence-corrected chi connectivity index (χ4v) is 1.85. The quantitative estimate of drug-likeness (QED) is 0.708. The average Bonchev–Trinajstić information content (AvgIpc) is 3.03. The first-order valence-electron chi connectivity index (χ1n) is 5.69. The number of rotatable bonds is 5. The van der Waals surface area contributed by atoms with Crippen LogP contribution in [0.15, 0.2) is 24.3 Å². The van der Waals surface area contributed by atoms with E-state index >= 15 is 0 Å². The van der Waals surface area contributed by atoms with Gasteiger partial charge in [0.05, 0.1) is 0 Å². The lowest BCUT2D eigenvalue weighted by atomic mass is 10.0. The normalized spacial score (nSPS) is 15.8. The molecule has 1 heteroatoms. The molecule has 0 spiro atoms. The molecular formula is C13H19N. The molecule has 0 saturated heterocycles. The Kier molecular flexibility index (Phi) is 3.20. The number of aryl methyl sites for hydroxylation is 1. The van der Waals surface area contributed by atoms with Gasteiger partial charge in [-0.3, -0.25) is 0 Å². The van der Waals surface area contributed by atoms with Crippen LogP contribution in [-0.2, 0) is 6.42 Å². The summed E-state index contributed by atoms with van der Waals surface area (Å²) in [5, 5.41) is 0. The Morgan fingerprint density at radius 2 is 1.79 bits per heavy atom. The van der Waals surface area contributed by atoms with E-state index in [1.807, 2.05) is 0 Å². The van der Waals surface area contributed by atoms with Gasteiger partial charge < -0.3 is 5.73 Å². The molecule has 0 heterocycles. The van der Waals surface area contributed by atoms with E-state index in [2.05, 4.69) is 24.3 Å². The Morgan fingerprint density at radius 1 is 1.07 bits per heavy atom. The molecule has 76 valence electrons. The van der Waals surface area contributed by atoms with Crippen LogP contribution in [0.4, 0.5) is 0 Å². The van der Waals surface area contributed by atoms with Crippen LogP contribution in [0.1, 0.15) is 42.7 Å². The SMILES string of the molecule is NCCCCc1ccc(C2CC2)cc1. The highest BCUT2D eigenvalue weighted by Gasteiger charge is 2.22. The monoisotopic (exact) mass is 189 g/mol. The molecule has 2 rings (SSSR count). The highest BCUT2D eigenvalue weighted by molar-refractivity contribution is 5.28. The number of unbranched alkanes of at least 4 members (excludes halogenated alkanes) is 1. The third-order valence-corrected chi connectivity index (χ3v) is 2.95. The van der Waals surface area contributed by atoms with Gasteiger partial charge in [0.1, 0.15) is 0 Å². The van der Waals surface area contributed by atoms with Crippen LogP contribution in [0.2, 0.25) is 0 Å². The van der Waals surface area contributed by atoms with Crippen LogP contribution in [0, 0.1) is 0 Å². The predicted octanol–water partition coefficient (Wildman–Crippen LogP) is 2.85. The molecule has 2 N–H and O–H groups in total. The molecule has 1 saturated carbocycles. The van der Waals surface area contributed by atoms with E-state index in [1.165, 1.54) is 36.8 Å². The van der Waals surface area contributed by atoms with Gasteiger partial charge in [-0.25, -0.2) is 0 Å². The highest BCUT2D eigenvalue weighted by atomic mass is 14.5. The summed E-state index contributed by atoms with van der Waals surface area (Å²) in [5.41, 5.74) is 8.46. The molecule has 1 fully saturated rings. The van der Waals surface area contributed by atoms with Crippen molar-refractivity contribution < 1.29 is 0 Å². The van der Waals surface area contributed by atoms with E-state index in [4.69, 9.17) is 5.73 Å². The van der Waals surface area contributed by atoms with Crippen molar-refractivity contribution >= 4 is 0 Å². The largest absolute Gasteiger partial charge is 0.330 e. The number of hydrogen-bond donors (Lipinski definition) is 1. The zero-order chi connectivity index (χ0) is 9.80. The number of hydrogen-bond acceptors (Lipinski definition) is 1. The molecule has 0 radical (unpaired) electrons. The number of nitrogens with two attached hydrogens (primary N) is 1. The second-order valence-electron chi connectivity index (χ2n) is 4.26. The maximum Gasteiger partial charge on any atom is -0.00772 e. The molecule has 14 heavy (non-hydrogen) atoms. The molecule has 0 atom stereocenters. The van der Waals surface area contributed by atoms with E-state index in [-0.39, 0.29) is 0 Å². The summed E-state index contributed by atoms with van der Waals surface area (Å²) in [6, 6.07) is 9.17. The molecule has 1 aliphatic rings. The summed E-state index contributed by atoms with van der Waals surface area (Å²) >= 11 is 0. The zero-order valence-electron chi connectivity index (χ0n) is 8.71. The van der Waals surface area contributed by atoms with Crippen LogP contribution in [0.25, 0.3) is 0 Å². The highest BCUT2D eigenvalue weighted by Crippen LogP contribution is 2.39. The van der Waals surface area contributed by atoms with Crippen molar-refractivity contribution in [1.82, 2.24) is 0 Å². The van der Waals surface area contributed by atoms with Crippen molar-refractivity contribution in [2.75, 3.05) is 6.54 Å². The van der Waals surface area contributed by atoms with Gasteiger partial charge in [0.2, 0.25) is 0 Å². The minimum atomic E-state index is 0.820. The average molecular weight is 189 g/mol. The summed E-state index contributed by atoms with van der Waals surface area (Å²) in [6.07, 6.45) is 6.34. The van der Waals surface area contributed by atoms with Crippen LogP contribution in [0.5, 0.6) is 0 Å². The van der Waals surface area contributed by atoms with Crippen LogP contribution < -0.4 is 5.73 Å². The maximum absolute atomic E-state index is 5.46. The zero-order valence-corrected chi connectivity index (χ0v) is 8.71. The Bertz CT molecular complexity index is 272. The maximum atomic E-state index is 5.46. The molecule has 1 aliphatic carbocycles. The molecule has 0 amide bonds. The lowest BCUT2D eigenvalue weighted by molar-refractivity contribution is 0.744. The van der Waals surface area contributed by atoms with E-state index in [1.54, 1.807) is 0 Å². The second-order valence-corrected chi connectivity index (χ2v) is 4.26. The van der Waals surface area contributed by atoms with Crippen LogP contribution in [-0.4, -0.2) is 6.54 Å². The molecule has 0 bridgehead atoms. The van der Waals surface area contributed by atoms with E-state index < -0.39 is 0 Å². The third kappa shape index (κ3) is 2.58. The smallest absolute Gasteiger partial charge is 0.00772 e. The molecule has 1 nitrogen and oxygen atoms in total. The van der Waals surface area contributed by atoms with Gasteiger partial charge in [-0.05, 0) is 55.7 Å². The second kappa shape index (κ2) is 4.61. The van der Waals surface area contributed by atoms with Crippen molar-refractivity contribution in [3.63, 3.8) is 0 Å². The van der Waals surface area contributed by atoms with Gasteiger partial charge in [-0.1, -0.05) is 24.3 Å². The Labute approximate surface area is 86.3 Å². The van der Waals surface area contributed by atoms with Crippen LogP contribution >= 0.6 is 0 Å². The first kappa shape index (κ1) is 9.72. The van der Waals surface area contributed by atoms with E-state index in [9.17, 15) is 0 Å². The Balaban J connectivity index is 1.86. The summed E-state index contributed by atoms with van der Waals surface area (Å²) in [5.74, 6) is 0.882. The first-order chi connectivity index (χ1) is 6.90. The van der Waals surface area contributed by atoms with Crippen LogP contribution in [0.3, 0.4) is 0 Å². The minimum absolute atomic E-state index is 0.820. The van der Waals surface area contributed by atoms with Crippen molar-refractivity contribution in [3.8, 4) is 0 Å². The van der Waals surface area contributed by atoms with Gasteiger partial charge in [0.15, 0.2) is 0 Å². The van der Waals surface area contributed by atoms with Gasteiger partial charge in [-0.2, -0.15) is 0 Å². The fraction of sp³-hybridized carbons (Fsp3) is 0.538. The van der Waals surface area contributed by atoms with Gasteiger partial charge >= 0.3 is 0 Å². The Morgan fingerprint density at radius 3 is 2.36 bits per heavy atom. The molecule has 0 aliphatic heterocycles. The summed E-state index contributed by atoms with van der Waals surface area (Å²) in [7, 11) is 0. The minimum Gasteiger partial charge on any atom is -0.330 e. The predicted molar refractivity (Wildman–Crippen MR) is 60.4 cm³/mol. The third-order valence-electron chi connectivity index (χ3n) is 2.95.